The highest BCUT2D eigenvalue weighted by Crippen LogP contribution is 2.28. The lowest BCUT2D eigenvalue weighted by molar-refractivity contribution is -0.118. The summed E-state index contributed by atoms with van der Waals surface area (Å²) >= 11 is 0. The summed E-state index contributed by atoms with van der Waals surface area (Å²) in [5, 5.41) is 0. The zero-order valence-electron chi connectivity index (χ0n) is 7.23. The van der Waals surface area contributed by atoms with Crippen molar-refractivity contribution in [2.75, 3.05) is 0 Å². The van der Waals surface area contributed by atoms with Crippen LogP contribution in [0.15, 0.2) is 0 Å². The quantitative estimate of drug-likeness (QED) is 0.658. The summed E-state index contributed by atoms with van der Waals surface area (Å²) in [6.45, 7) is 1.63. The molecule has 0 aliphatic heterocycles. The summed E-state index contributed by atoms with van der Waals surface area (Å²) < 4.78 is 0. The van der Waals surface area contributed by atoms with Crippen molar-refractivity contribution in [2.45, 2.75) is 51.0 Å². The first kappa shape index (κ1) is 8.72. The second-order valence-electron chi connectivity index (χ2n) is 3.80. The third-order valence-electron chi connectivity index (χ3n) is 2.45. The minimum Gasteiger partial charge on any atom is -0.325 e. The first-order valence-corrected chi connectivity index (χ1v) is 4.41. The molecule has 0 aromatic carbocycles. The molecule has 0 spiro atoms. The van der Waals surface area contributed by atoms with E-state index in [9.17, 15) is 4.79 Å². The van der Waals surface area contributed by atoms with E-state index in [4.69, 9.17) is 5.73 Å². The SMILES string of the molecule is CC(=O)CC1(N)CCCCC1. The zero-order chi connectivity index (χ0) is 8.32. The maximum absolute atomic E-state index is 10.8. The van der Waals surface area contributed by atoms with Crippen LogP contribution in [0.1, 0.15) is 45.4 Å². The van der Waals surface area contributed by atoms with E-state index in [1.807, 2.05) is 0 Å². The average Bonchev–Trinajstić information content (AvgIpc) is 1.85. The van der Waals surface area contributed by atoms with Crippen LogP contribution in [0.3, 0.4) is 0 Å². The standard InChI is InChI=1S/C9H17NO/c1-8(11)7-9(10)5-3-2-4-6-9/h2-7,10H2,1H3. The fourth-order valence-electron chi connectivity index (χ4n) is 1.93. The van der Waals surface area contributed by atoms with Crippen molar-refractivity contribution in [1.82, 2.24) is 0 Å². The van der Waals surface area contributed by atoms with E-state index >= 15 is 0 Å². The number of rotatable bonds is 2. The molecule has 2 N–H and O–H groups in total. The van der Waals surface area contributed by atoms with Crippen LogP contribution in [0.4, 0.5) is 0 Å². The van der Waals surface area contributed by atoms with Crippen LogP contribution < -0.4 is 5.73 Å². The van der Waals surface area contributed by atoms with Gasteiger partial charge in [0.05, 0.1) is 0 Å². The van der Waals surface area contributed by atoms with Gasteiger partial charge in [0, 0.05) is 12.0 Å². The van der Waals surface area contributed by atoms with Gasteiger partial charge in [-0.05, 0) is 19.8 Å². The van der Waals surface area contributed by atoms with Crippen LogP contribution in [-0.4, -0.2) is 11.3 Å². The summed E-state index contributed by atoms with van der Waals surface area (Å²) in [4.78, 5) is 10.8. The Kier molecular flexibility index (Phi) is 2.66. The molecule has 0 heterocycles. The molecular formula is C9H17NO. The Balaban J connectivity index is 2.43. The van der Waals surface area contributed by atoms with Gasteiger partial charge in [-0.1, -0.05) is 19.3 Å². The van der Waals surface area contributed by atoms with E-state index in [0.717, 1.165) is 12.8 Å². The van der Waals surface area contributed by atoms with Crippen LogP contribution in [0.25, 0.3) is 0 Å². The molecule has 0 aromatic rings. The smallest absolute Gasteiger partial charge is 0.131 e. The molecule has 1 aliphatic carbocycles. The lowest BCUT2D eigenvalue weighted by Gasteiger charge is -2.32. The van der Waals surface area contributed by atoms with Crippen molar-refractivity contribution in [2.24, 2.45) is 5.73 Å². The Morgan fingerprint density at radius 1 is 1.36 bits per heavy atom. The predicted molar refractivity (Wildman–Crippen MR) is 45.3 cm³/mol. The molecule has 0 aromatic heterocycles. The van der Waals surface area contributed by atoms with Gasteiger partial charge in [-0.2, -0.15) is 0 Å². The van der Waals surface area contributed by atoms with Gasteiger partial charge in [0.1, 0.15) is 5.78 Å². The number of Topliss-reactive ketones (excluding diaryl/α,β-unsaturated/α-hetero) is 1. The molecule has 0 unspecified atom stereocenters. The highest BCUT2D eigenvalue weighted by Gasteiger charge is 2.28. The molecule has 64 valence electrons. The van der Waals surface area contributed by atoms with Crippen molar-refractivity contribution < 1.29 is 4.79 Å². The van der Waals surface area contributed by atoms with E-state index in [0.29, 0.717) is 6.42 Å². The molecule has 0 saturated heterocycles. The topological polar surface area (TPSA) is 43.1 Å². The number of carbonyl (C=O) groups excluding carboxylic acids is 1. The van der Waals surface area contributed by atoms with Gasteiger partial charge in [0.2, 0.25) is 0 Å². The van der Waals surface area contributed by atoms with Crippen molar-refractivity contribution in [3.8, 4) is 0 Å². The van der Waals surface area contributed by atoms with Crippen molar-refractivity contribution in [1.29, 1.82) is 0 Å². The maximum atomic E-state index is 10.8. The zero-order valence-corrected chi connectivity index (χ0v) is 7.23. The Labute approximate surface area is 68.2 Å². The molecule has 1 fully saturated rings. The van der Waals surface area contributed by atoms with Crippen LogP contribution in [0, 0.1) is 0 Å². The van der Waals surface area contributed by atoms with Gasteiger partial charge in [0.15, 0.2) is 0 Å². The molecule has 1 saturated carbocycles. The summed E-state index contributed by atoms with van der Waals surface area (Å²) in [5.74, 6) is 0.231. The lowest BCUT2D eigenvalue weighted by Crippen LogP contribution is -2.43. The molecule has 0 amide bonds. The monoisotopic (exact) mass is 155 g/mol. The van der Waals surface area contributed by atoms with Gasteiger partial charge < -0.3 is 5.73 Å². The largest absolute Gasteiger partial charge is 0.325 e. The Morgan fingerprint density at radius 3 is 2.36 bits per heavy atom. The molecule has 1 aliphatic rings. The predicted octanol–water partition coefficient (Wildman–Crippen LogP) is 1.63. The van der Waals surface area contributed by atoms with E-state index in [2.05, 4.69) is 0 Å². The van der Waals surface area contributed by atoms with Crippen LogP contribution in [0.2, 0.25) is 0 Å². The minimum absolute atomic E-state index is 0.149. The summed E-state index contributed by atoms with van der Waals surface area (Å²) in [6, 6.07) is 0. The molecule has 1 rings (SSSR count). The van der Waals surface area contributed by atoms with Gasteiger partial charge in [-0.25, -0.2) is 0 Å². The highest BCUT2D eigenvalue weighted by atomic mass is 16.1. The van der Waals surface area contributed by atoms with E-state index in [1.54, 1.807) is 6.92 Å². The first-order chi connectivity index (χ1) is 5.12. The average molecular weight is 155 g/mol. The normalized spacial score (nSPS) is 23.1. The van der Waals surface area contributed by atoms with Gasteiger partial charge in [-0.15, -0.1) is 0 Å². The highest BCUT2D eigenvalue weighted by molar-refractivity contribution is 5.76. The van der Waals surface area contributed by atoms with Crippen molar-refractivity contribution in [3.63, 3.8) is 0 Å². The molecule has 0 radical (unpaired) electrons. The van der Waals surface area contributed by atoms with E-state index in [-0.39, 0.29) is 11.3 Å². The number of ketones is 1. The Hall–Kier alpha value is -0.370. The van der Waals surface area contributed by atoms with E-state index < -0.39 is 0 Å². The minimum atomic E-state index is -0.149. The van der Waals surface area contributed by atoms with E-state index in [1.165, 1.54) is 19.3 Å². The fourth-order valence-corrected chi connectivity index (χ4v) is 1.93. The van der Waals surface area contributed by atoms with Crippen LogP contribution in [-0.2, 0) is 4.79 Å². The Bertz CT molecular complexity index is 148. The van der Waals surface area contributed by atoms with Crippen molar-refractivity contribution >= 4 is 5.78 Å². The molecule has 2 heteroatoms. The molecule has 11 heavy (non-hydrogen) atoms. The third-order valence-corrected chi connectivity index (χ3v) is 2.45. The fraction of sp³-hybridized carbons (Fsp3) is 0.889. The summed E-state index contributed by atoms with van der Waals surface area (Å²) in [6.07, 6.45) is 6.33. The molecule has 0 atom stereocenters. The first-order valence-electron chi connectivity index (χ1n) is 4.41. The van der Waals surface area contributed by atoms with Crippen molar-refractivity contribution in [3.05, 3.63) is 0 Å². The van der Waals surface area contributed by atoms with Crippen LogP contribution in [0.5, 0.6) is 0 Å². The van der Waals surface area contributed by atoms with Gasteiger partial charge in [-0.3, -0.25) is 4.79 Å². The number of hydrogen-bond acceptors (Lipinski definition) is 2. The second-order valence-corrected chi connectivity index (χ2v) is 3.80. The summed E-state index contributed by atoms with van der Waals surface area (Å²) in [7, 11) is 0. The van der Waals surface area contributed by atoms with Crippen LogP contribution >= 0.6 is 0 Å². The summed E-state index contributed by atoms with van der Waals surface area (Å²) in [5.41, 5.74) is 5.89. The molecule has 2 nitrogen and oxygen atoms in total. The number of carbonyl (C=O) groups is 1. The third kappa shape index (κ3) is 2.62. The Morgan fingerprint density at radius 2 is 1.91 bits per heavy atom. The number of nitrogens with two attached hydrogens (primary N) is 1. The second kappa shape index (κ2) is 3.35. The van der Waals surface area contributed by atoms with Gasteiger partial charge in [0.25, 0.3) is 0 Å². The molecular weight excluding hydrogens is 138 g/mol. The number of hydrogen-bond donors (Lipinski definition) is 1. The molecule has 0 bridgehead atoms. The van der Waals surface area contributed by atoms with Gasteiger partial charge >= 0.3 is 0 Å². The lowest BCUT2D eigenvalue weighted by atomic mass is 9.79. The maximum Gasteiger partial charge on any atom is 0.131 e.